The van der Waals surface area contributed by atoms with Crippen LogP contribution in [0.15, 0.2) is 28.9 Å². The third kappa shape index (κ3) is 2.41. The van der Waals surface area contributed by atoms with Crippen LogP contribution in [0.5, 0.6) is 0 Å². The molecule has 5 rings (SSSR count). The molecule has 1 amide bonds. The van der Waals surface area contributed by atoms with Gasteiger partial charge in [0, 0.05) is 37.0 Å². The number of fused-ring (bicyclic) bond motifs is 2. The molecule has 0 saturated carbocycles. The standard InChI is InChI=1S/C19H19FN4O2/c20-13-3-4-14-17(10-13)26-22-18(14)12-5-8-23(9-6-12)19(25)15-11-21-24-7-1-2-16(15)24/h3-4,10-12H,1-2,5-9H2. The second-order valence-corrected chi connectivity index (χ2v) is 7.11. The highest BCUT2D eigenvalue weighted by Crippen LogP contribution is 2.33. The molecule has 2 aliphatic heterocycles. The molecule has 26 heavy (non-hydrogen) atoms. The van der Waals surface area contributed by atoms with Gasteiger partial charge in [-0.3, -0.25) is 9.48 Å². The van der Waals surface area contributed by atoms with Crippen LogP contribution in [0.3, 0.4) is 0 Å². The summed E-state index contributed by atoms with van der Waals surface area (Å²) in [7, 11) is 0. The topological polar surface area (TPSA) is 64.2 Å². The Labute approximate surface area is 149 Å². The molecule has 7 heteroatoms. The Hall–Kier alpha value is -2.70. The van der Waals surface area contributed by atoms with Crippen molar-refractivity contribution in [2.45, 2.75) is 38.1 Å². The molecule has 1 saturated heterocycles. The van der Waals surface area contributed by atoms with Gasteiger partial charge in [0.1, 0.15) is 5.82 Å². The first-order valence-electron chi connectivity index (χ1n) is 9.09. The zero-order chi connectivity index (χ0) is 17.7. The predicted octanol–water partition coefficient (Wildman–Crippen LogP) is 3.13. The largest absolute Gasteiger partial charge is 0.356 e. The predicted molar refractivity (Wildman–Crippen MR) is 92.4 cm³/mol. The normalized spacial score (nSPS) is 17.8. The van der Waals surface area contributed by atoms with Gasteiger partial charge in [0.2, 0.25) is 0 Å². The van der Waals surface area contributed by atoms with E-state index < -0.39 is 0 Å². The smallest absolute Gasteiger partial charge is 0.257 e. The quantitative estimate of drug-likeness (QED) is 0.709. The molecule has 6 nitrogen and oxygen atoms in total. The maximum atomic E-state index is 13.3. The number of amides is 1. The minimum atomic E-state index is -0.325. The number of rotatable bonds is 2. The molecule has 0 N–H and O–H groups in total. The van der Waals surface area contributed by atoms with Gasteiger partial charge in [0.15, 0.2) is 5.58 Å². The van der Waals surface area contributed by atoms with E-state index in [1.165, 1.54) is 12.1 Å². The van der Waals surface area contributed by atoms with E-state index in [4.69, 9.17) is 4.52 Å². The van der Waals surface area contributed by atoms with Crippen LogP contribution in [-0.2, 0) is 13.0 Å². The molecule has 3 aromatic rings. The number of likely N-dealkylation sites (tertiary alicyclic amines) is 1. The zero-order valence-corrected chi connectivity index (χ0v) is 14.3. The van der Waals surface area contributed by atoms with E-state index in [9.17, 15) is 9.18 Å². The van der Waals surface area contributed by atoms with Crippen molar-refractivity contribution in [1.29, 1.82) is 0 Å². The van der Waals surface area contributed by atoms with E-state index in [0.29, 0.717) is 18.7 Å². The number of hydrogen-bond donors (Lipinski definition) is 0. The highest BCUT2D eigenvalue weighted by Gasteiger charge is 2.30. The Kier molecular flexibility index (Phi) is 3.55. The lowest BCUT2D eigenvalue weighted by atomic mass is 9.91. The summed E-state index contributed by atoms with van der Waals surface area (Å²) in [5, 5.41) is 9.36. The summed E-state index contributed by atoms with van der Waals surface area (Å²) in [4.78, 5) is 14.8. The lowest BCUT2D eigenvalue weighted by Crippen LogP contribution is -2.38. The van der Waals surface area contributed by atoms with E-state index in [1.54, 1.807) is 12.3 Å². The molecule has 0 atom stereocenters. The fourth-order valence-corrected chi connectivity index (χ4v) is 4.19. The molecular weight excluding hydrogens is 335 g/mol. The summed E-state index contributed by atoms with van der Waals surface area (Å²) < 4.78 is 20.5. The lowest BCUT2D eigenvalue weighted by molar-refractivity contribution is 0.0710. The molecule has 0 radical (unpaired) electrons. The van der Waals surface area contributed by atoms with Crippen LogP contribution >= 0.6 is 0 Å². The van der Waals surface area contributed by atoms with Crippen molar-refractivity contribution in [3.63, 3.8) is 0 Å². The maximum Gasteiger partial charge on any atom is 0.257 e. The number of hydrogen-bond acceptors (Lipinski definition) is 4. The van der Waals surface area contributed by atoms with Crippen LogP contribution in [0.1, 0.15) is 46.9 Å². The SMILES string of the molecule is O=C(c1cnn2c1CCC2)N1CCC(c2noc3cc(F)ccc23)CC1. The van der Waals surface area contributed by atoms with Gasteiger partial charge in [-0.1, -0.05) is 5.16 Å². The highest BCUT2D eigenvalue weighted by atomic mass is 19.1. The Morgan fingerprint density at radius 2 is 2.08 bits per heavy atom. The molecule has 0 bridgehead atoms. The van der Waals surface area contributed by atoms with Crippen molar-refractivity contribution in [2.24, 2.45) is 0 Å². The van der Waals surface area contributed by atoms with Gasteiger partial charge in [0.05, 0.1) is 23.1 Å². The monoisotopic (exact) mass is 354 g/mol. The molecule has 0 aliphatic carbocycles. The molecule has 1 fully saturated rings. The van der Waals surface area contributed by atoms with Gasteiger partial charge in [-0.25, -0.2) is 4.39 Å². The van der Waals surface area contributed by atoms with Crippen molar-refractivity contribution in [1.82, 2.24) is 19.8 Å². The molecule has 0 unspecified atom stereocenters. The van der Waals surface area contributed by atoms with E-state index in [-0.39, 0.29) is 17.6 Å². The number of carbonyl (C=O) groups is 1. The number of nitrogens with zero attached hydrogens (tertiary/aromatic N) is 4. The maximum absolute atomic E-state index is 13.3. The minimum absolute atomic E-state index is 0.0821. The van der Waals surface area contributed by atoms with E-state index in [2.05, 4.69) is 10.3 Å². The Morgan fingerprint density at radius 3 is 2.92 bits per heavy atom. The average Bonchev–Trinajstić information content (AvgIpc) is 3.36. The van der Waals surface area contributed by atoms with Crippen LogP contribution in [0, 0.1) is 5.82 Å². The van der Waals surface area contributed by atoms with Crippen molar-refractivity contribution < 1.29 is 13.7 Å². The molecule has 2 aliphatic rings. The van der Waals surface area contributed by atoms with Crippen LogP contribution < -0.4 is 0 Å². The average molecular weight is 354 g/mol. The van der Waals surface area contributed by atoms with Gasteiger partial charge in [0.25, 0.3) is 5.91 Å². The van der Waals surface area contributed by atoms with Crippen molar-refractivity contribution >= 4 is 16.9 Å². The highest BCUT2D eigenvalue weighted by molar-refractivity contribution is 5.95. The number of aryl methyl sites for hydroxylation is 1. The van der Waals surface area contributed by atoms with Crippen molar-refractivity contribution in [3.05, 3.63) is 47.2 Å². The first-order chi connectivity index (χ1) is 12.7. The first-order valence-corrected chi connectivity index (χ1v) is 9.09. The lowest BCUT2D eigenvalue weighted by Gasteiger charge is -2.31. The van der Waals surface area contributed by atoms with E-state index >= 15 is 0 Å². The summed E-state index contributed by atoms with van der Waals surface area (Å²) >= 11 is 0. The molecule has 2 aromatic heterocycles. The number of piperidine rings is 1. The van der Waals surface area contributed by atoms with Gasteiger partial charge in [-0.2, -0.15) is 5.10 Å². The zero-order valence-electron chi connectivity index (χ0n) is 14.3. The minimum Gasteiger partial charge on any atom is -0.356 e. The summed E-state index contributed by atoms with van der Waals surface area (Å²) in [6, 6.07) is 4.53. The Bertz CT molecular complexity index is 985. The molecule has 4 heterocycles. The van der Waals surface area contributed by atoms with Crippen molar-refractivity contribution in [2.75, 3.05) is 13.1 Å². The second kappa shape index (κ2) is 5.93. The first kappa shape index (κ1) is 15.5. The number of benzene rings is 1. The Morgan fingerprint density at radius 1 is 1.23 bits per heavy atom. The van der Waals surface area contributed by atoms with Gasteiger partial charge in [-0.15, -0.1) is 0 Å². The third-order valence-electron chi connectivity index (χ3n) is 5.59. The van der Waals surface area contributed by atoms with Crippen LogP contribution in [0.4, 0.5) is 4.39 Å². The number of aromatic nitrogens is 3. The second-order valence-electron chi connectivity index (χ2n) is 7.11. The van der Waals surface area contributed by atoms with E-state index in [1.807, 2.05) is 9.58 Å². The fourth-order valence-electron chi connectivity index (χ4n) is 4.19. The molecule has 1 aromatic carbocycles. The number of halogens is 1. The summed E-state index contributed by atoms with van der Waals surface area (Å²) in [6.07, 6.45) is 5.36. The summed E-state index contributed by atoms with van der Waals surface area (Å²) in [5.41, 5.74) is 3.18. The third-order valence-corrected chi connectivity index (χ3v) is 5.59. The molecular formula is C19H19FN4O2. The van der Waals surface area contributed by atoms with Gasteiger partial charge < -0.3 is 9.42 Å². The van der Waals surface area contributed by atoms with Crippen LogP contribution in [0.25, 0.3) is 11.0 Å². The molecule has 0 spiro atoms. The van der Waals surface area contributed by atoms with E-state index in [0.717, 1.165) is 54.6 Å². The van der Waals surface area contributed by atoms with Crippen molar-refractivity contribution in [3.8, 4) is 0 Å². The summed E-state index contributed by atoms with van der Waals surface area (Å²) in [6.45, 7) is 2.28. The van der Waals surface area contributed by atoms with Crippen LogP contribution in [-0.4, -0.2) is 38.8 Å². The van der Waals surface area contributed by atoms with Gasteiger partial charge >= 0.3 is 0 Å². The number of carbonyl (C=O) groups excluding carboxylic acids is 1. The molecule has 134 valence electrons. The summed E-state index contributed by atoms with van der Waals surface area (Å²) in [5.74, 6) is -0.0170. The fraction of sp³-hybridized carbons (Fsp3) is 0.421. The Balaban J connectivity index is 1.32. The van der Waals surface area contributed by atoms with Crippen LogP contribution in [0.2, 0.25) is 0 Å². The van der Waals surface area contributed by atoms with Gasteiger partial charge in [-0.05, 0) is 37.8 Å².